The Hall–Kier alpha value is -2.09. The molecule has 0 aliphatic rings. The van der Waals surface area contributed by atoms with E-state index in [1.807, 2.05) is 18.2 Å². The van der Waals surface area contributed by atoms with Gasteiger partial charge in [0.1, 0.15) is 5.75 Å². The number of methoxy groups -OCH3 is 1. The van der Waals surface area contributed by atoms with Crippen molar-refractivity contribution in [3.05, 3.63) is 54.1 Å². The van der Waals surface area contributed by atoms with Crippen LogP contribution in [0.25, 0.3) is 0 Å². The van der Waals surface area contributed by atoms with Crippen LogP contribution < -0.4 is 16.2 Å². The zero-order valence-electron chi connectivity index (χ0n) is 11.6. The van der Waals surface area contributed by atoms with Crippen molar-refractivity contribution < 1.29 is 17.7 Å². The van der Waals surface area contributed by atoms with Gasteiger partial charge in [-0.3, -0.25) is 4.55 Å². The van der Waals surface area contributed by atoms with E-state index in [1.165, 1.54) is 12.1 Å². The van der Waals surface area contributed by atoms with Crippen LogP contribution in [0, 0.1) is 0 Å². The van der Waals surface area contributed by atoms with Crippen LogP contribution in [-0.4, -0.2) is 20.1 Å². The number of hydrogen-bond acceptors (Lipinski definition) is 5. The van der Waals surface area contributed by atoms with Crippen LogP contribution in [0.3, 0.4) is 0 Å². The van der Waals surface area contributed by atoms with Crippen molar-refractivity contribution in [2.75, 3.05) is 12.8 Å². The number of anilines is 1. The molecule has 0 saturated carbocycles. The number of nitrogen functional groups attached to an aromatic ring is 1. The Morgan fingerprint density at radius 2 is 1.67 bits per heavy atom. The first-order valence-corrected chi connectivity index (χ1v) is 7.47. The van der Waals surface area contributed by atoms with Crippen molar-refractivity contribution in [2.45, 2.75) is 11.4 Å². The molecule has 0 amide bonds. The van der Waals surface area contributed by atoms with E-state index in [0.717, 1.165) is 11.3 Å². The Kier molecular flexibility index (Phi) is 6.16. The minimum Gasteiger partial charge on any atom is -0.495 e. The number of ether oxygens (including phenoxy) is 1. The maximum Gasteiger partial charge on any atom is 0.294 e. The fourth-order valence-electron chi connectivity index (χ4n) is 1.46. The molecule has 6 nitrogen and oxygen atoms in total. The summed E-state index contributed by atoms with van der Waals surface area (Å²) in [6.45, 7) is 0.353. The monoisotopic (exact) mass is 310 g/mol. The molecular weight excluding hydrogens is 292 g/mol. The van der Waals surface area contributed by atoms with Crippen LogP contribution in [0.1, 0.15) is 5.56 Å². The van der Waals surface area contributed by atoms with Crippen LogP contribution in [0.4, 0.5) is 5.69 Å². The summed E-state index contributed by atoms with van der Waals surface area (Å²) in [7, 11) is -2.47. The molecule has 0 spiro atoms. The van der Waals surface area contributed by atoms with Gasteiger partial charge in [0.25, 0.3) is 10.1 Å². The average molecular weight is 310 g/mol. The second-order valence-corrected chi connectivity index (χ2v) is 5.49. The summed E-state index contributed by atoms with van der Waals surface area (Å²) in [5, 5.41) is 0. The third-order valence-corrected chi connectivity index (χ3v) is 3.46. The van der Waals surface area contributed by atoms with Crippen molar-refractivity contribution in [3.8, 4) is 5.75 Å². The average Bonchev–Trinajstić information content (AvgIpc) is 2.47. The molecule has 114 valence electrons. The molecule has 2 rings (SSSR count). The fourth-order valence-corrected chi connectivity index (χ4v) is 1.94. The Bertz CT molecular complexity index is 670. The van der Waals surface area contributed by atoms with Gasteiger partial charge < -0.3 is 16.2 Å². The molecule has 0 fully saturated rings. The van der Waals surface area contributed by atoms with Gasteiger partial charge in [0.15, 0.2) is 0 Å². The van der Waals surface area contributed by atoms with Crippen LogP contribution in [0.5, 0.6) is 5.75 Å². The van der Waals surface area contributed by atoms with E-state index in [-0.39, 0.29) is 4.90 Å². The maximum absolute atomic E-state index is 10.6. The molecule has 0 atom stereocenters. The van der Waals surface area contributed by atoms with Gasteiger partial charge in [0.05, 0.1) is 17.7 Å². The van der Waals surface area contributed by atoms with E-state index in [1.54, 1.807) is 25.3 Å². The first-order chi connectivity index (χ1) is 9.88. The van der Waals surface area contributed by atoms with E-state index in [2.05, 4.69) is 0 Å². The van der Waals surface area contributed by atoms with Crippen molar-refractivity contribution in [1.29, 1.82) is 0 Å². The summed E-state index contributed by atoms with van der Waals surface area (Å²) in [6, 6.07) is 13.1. The van der Waals surface area contributed by atoms with Gasteiger partial charge in [-0.1, -0.05) is 24.3 Å². The lowest BCUT2D eigenvalue weighted by atomic mass is 10.2. The molecule has 7 heteroatoms. The Balaban J connectivity index is 0.000000219. The van der Waals surface area contributed by atoms with Gasteiger partial charge in [-0.15, -0.1) is 0 Å². The zero-order valence-corrected chi connectivity index (χ0v) is 12.4. The second-order valence-electron chi connectivity index (χ2n) is 4.07. The largest absolute Gasteiger partial charge is 0.495 e. The Morgan fingerprint density at radius 3 is 2.05 bits per heavy atom. The first kappa shape index (κ1) is 17.0. The highest BCUT2D eigenvalue weighted by atomic mass is 32.2. The molecular formula is C14H18N2O4S. The van der Waals surface area contributed by atoms with Gasteiger partial charge in [0.2, 0.25) is 0 Å². The van der Waals surface area contributed by atoms with Crippen LogP contribution in [0.15, 0.2) is 53.4 Å². The number of rotatable bonds is 3. The van der Waals surface area contributed by atoms with Crippen molar-refractivity contribution in [2.24, 2.45) is 5.73 Å². The smallest absolute Gasteiger partial charge is 0.294 e. The standard InChI is InChI=1S/C7H9NO3S.C7H9NO/c8-5-6-1-3-7(4-2-6)12(9,10)11;1-9-7-5-3-2-4-6(7)8/h1-4H,5,8H2,(H,9,10,11);2-5H,8H2,1H3. The highest BCUT2D eigenvalue weighted by Gasteiger charge is 2.07. The first-order valence-electron chi connectivity index (χ1n) is 6.03. The number of hydrogen-bond donors (Lipinski definition) is 3. The van der Waals surface area contributed by atoms with Crippen LogP contribution >= 0.6 is 0 Å². The summed E-state index contributed by atoms with van der Waals surface area (Å²) in [4.78, 5) is -0.111. The number of benzene rings is 2. The Morgan fingerprint density at radius 1 is 1.10 bits per heavy atom. The van der Waals surface area contributed by atoms with E-state index in [9.17, 15) is 8.42 Å². The quantitative estimate of drug-likeness (QED) is 0.586. The molecule has 0 aliphatic carbocycles. The lowest BCUT2D eigenvalue weighted by Crippen LogP contribution is -2.00. The van der Waals surface area contributed by atoms with Gasteiger partial charge in [-0.2, -0.15) is 8.42 Å². The fraction of sp³-hybridized carbons (Fsp3) is 0.143. The highest BCUT2D eigenvalue weighted by Crippen LogP contribution is 2.18. The lowest BCUT2D eigenvalue weighted by molar-refractivity contribution is 0.417. The second kappa shape index (κ2) is 7.63. The minimum absolute atomic E-state index is 0.111. The highest BCUT2D eigenvalue weighted by molar-refractivity contribution is 7.85. The summed E-state index contributed by atoms with van der Waals surface area (Å²) in [5.41, 5.74) is 12.3. The van der Waals surface area contributed by atoms with E-state index in [0.29, 0.717) is 12.2 Å². The van der Waals surface area contributed by atoms with Gasteiger partial charge in [0, 0.05) is 6.54 Å². The normalized spacial score (nSPS) is 10.4. The van der Waals surface area contributed by atoms with Gasteiger partial charge >= 0.3 is 0 Å². The summed E-state index contributed by atoms with van der Waals surface area (Å²) < 4.78 is 34.6. The van der Waals surface area contributed by atoms with Gasteiger partial charge in [-0.25, -0.2) is 0 Å². The topological polar surface area (TPSA) is 116 Å². The molecule has 2 aromatic carbocycles. The van der Waals surface area contributed by atoms with Crippen molar-refractivity contribution in [3.63, 3.8) is 0 Å². The molecule has 0 heterocycles. The molecule has 5 N–H and O–H groups in total. The molecule has 2 aromatic rings. The maximum atomic E-state index is 10.6. The van der Waals surface area contributed by atoms with E-state index in [4.69, 9.17) is 20.8 Å². The minimum atomic E-state index is -4.07. The summed E-state index contributed by atoms with van der Waals surface area (Å²) in [5.74, 6) is 0.734. The Labute approximate surface area is 124 Å². The summed E-state index contributed by atoms with van der Waals surface area (Å²) in [6.07, 6.45) is 0. The van der Waals surface area contributed by atoms with Crippen LogP contribution in [0.2, 0.25) is 0 Å². The molecule has 0 saturated heterocycles. The molecule has 0 aliphatic heterocycles. The molecule has 0 unspecified atom stereocenters. The molecule has 0 bridgehead atoms. The molecule has 0 radical (unpaired) electrons. The zero-order chi connectivity index (χ0) is 15.9. The molecule has 21 heavy (non-hydrogen) atoms. The van der Waals surface area contributed by atoms with Gasteiger partial charge in [-0.05, 0) is 29.8 Å². The van der Waals surface area contributed by atoms with Crippen molar-refractivity contribution >= 4 is 15.8 Å². The SMILES string of the molecule is COc1ccccc1N.NCc1ccc(S(=O)(=O)O)cc1. The molecule has 0 aromatic heterocycles. The predicted molar refractivity (Wildman–Crippen MR) is 81.6 cm³/mol. The van der Waals surface area contributed by atoms with E-state index < -0.39 is 10.1 Å². The lowest BCUT2D eigenvalue weighted by Gasteiger charge is -2.00. The third kappa shape index (κ3) is 5.42. The number of para-hydroxylation sites is 2. The summed E-state index contributed by atoms with van der Waals surface area (Å²) >= 11 is 0. The van der Waals surface area contributed by atoms with Crippen LogP contribution in [-0.2, 0) is 16.7 Å². The van der Waals surface area contributed by atoms with E-state index >= 15 is 0 Å². The number of nitrogens with two attached hydrogens (primary N) is 2. The van der Waals surface area contributed by atoms with Crippen molar-refractivity contribution in [1.82, 2.24) is 0 Å². The third-order valence-electron chi connectivity index (χ3n) is 2.60. The predicted octanol–water partition coefficient (Wildman–Crippen LogP) is 1.67.